The Morgan fingerprint density at radius 1 is 1.40 bits per heavy atom. The van der Waals surface area contributed by atoms with E-state index in [4.69, 9.17) is 4.99 Å². The Hall–Kier alpha value is -1.63. The summed E-state index contributed by atoms with van der Waals surface area (Å²) in [7, 11) is 1.71. The number of likely N-dealkylation sites (tertiary alicyclic amines) is 1. The standard InChI is InChI=1S/C18H31N5OS/c1-4-15-13-22-17(25-15)6-9-21-18(20-5-2)23-10-7-14(8-11-23)12-16(24)19-3/h13-14H,4-12H2,1-3H3,(H,19,24)(H,20,21). The second kappa shape index (κ2) is 10.4. The van der Waals surface area contributed by atoms with E-state index in [1.165, 1.54) is 9.88 Å². The van der Waals surface area contributed by atoms with Crippen LogP contribution in [0, 0.1) is 5.92 Å². The van der Waals surface area contributed by atoms with Gasteiger partial charge in [0.05, 0.1) is 5.01 Å². The molecule has 140 valence electrons. The van der Waals surface area contributed by atoms with Gasteiger partial charge in [-0.2, -0.15) is 0 Å². The van der Waals surface area contributed by atoms with Crippen LogP contribution in [0.3, 0.4) is 0 Å². The molecule has 1 aliphatic heterocycles. The van der Waals surface area contributed by atoms with Crippen LogP contribution in [-0.2, 0) is 17.6 Å². The molecule has 0 radical (unpaired) electrons. The van der Waals surface area contributed by atoms with E-state index in [1.807, 2.05) is 6.20 Å². The van der Waals surface area contributed by atoms with Crippen LogP contribution in [0.25, 0.3) is 0 Å². The van der Waals surface area contributed by atoms with Crippen LogP contribution in [-0.4, -0.2) is 55.0 Å². The summed E-state index contributed by atoms with van der Waals surface area (Å²) in [6, 6.07) is 0. The highest BCUT2D eigenvalue weighted by atomic mass is 32.1. The normalized spacial score (nSPS) is 16.1. The number of rotatable bonds is 7. The summed E-state index contributed by atoms with van der Waals surface area (Å²) in [4.78, 5) is 24.4. The summed E-state index contributed by atoms with van der Waals surface area (Å²) < 4.78 is 0. The number of amides is 1. The zero-order valence-corrected chi connectivity index (χ0v) is 16.5. The molecule has 2 heterocycles. The molecule has 1 aromatic rings. The van der Waals surface area contributed by atoms with E-state index in [0.717, 1.165) is 57.8 Å². The quantitative estimate of drug-likeness (QED) is 0.573. The number of carbonyl (C=O) groups excluding carboxylic acids is 1. The first-order chi connectivity index (χ1) is 12.2. The number of aryl methyl sites for hydroxylation is 1. The summed E-state index contributed by atoms with van der Waals surface area (Å²) in [5.74, 6) is 1.63. The van der Waals surface area contributed by atoms with E-state index >= 15 is 0 Å². The summed E-state index contributed by atoms with van der Waals surface area (Å²) in [5, 5.41) is 7.29. The largest absolute Gasteiger partial charge is 0.359 e. The van der Waals surface area contributed by atoms with Crippen LogP contribution in [0.5, 0.6) is 0 Å². The minimum Gasteiger partial charge on any atom is -0.359 e. The first kappa shape index (κ1) is 19.7. The van der Waals surface area contributed by atoms with Gasteiger partial charge < -0.3 is 15.5 Å². The molecule has 1 fully saturated rings. The van der Waals surface area contributed by atoms with Gasteiger partial charge in [0.1, 0.15) is 0 Å². The molecule has 0 spiro atoms. The second-order valence-corrected chi connectivity index (χ2v) is 7.57. The van der Waals surface area contributed by atoms with Crippen molar-refractivity contribution in [2.75, 3.05) is 33.2 Å². The predicted octanol–water partition coefficient (Wildman–Crippen LogP) is 2.06. The molecular weight excluding hydrogens is 334 g/mol. The van der Waals surface area contributed by atoms with Crippen molar-refractivity contribution in [1.29, 1.82) is 0 Å². The van der Waals surface area contributed by atoms with Gasteiger partial charge in [-0.25, -0.2) is 4.98 Å². The highest BCUT2D eigenvalue weighted by Crippen LogP contribution is 2.20. The molecule has 1 aliphatic rings. The van der Waals surface area contributed by atoms with Crippen LogP contribution < -0.4 is 10.6 Å². The van der Waals surface area contributed by atoms with Crippen molar-refractivity contribution in [2.45, 2.75) is 46.0 Å². The fourth-order valence-corrected chi connectivity index (χ4v) is 3.87. The molecule has 2 N–H and O–H groups in total. The highest BCUT2D eigenvalue weighted by molar-refractivity contribution is 7.11. The zero-order valence-electron chi connectivity index (χ0n) is 15.7. The molecule has 0 bridgehead atoms. The summed E-state index contributed by atoms with van der Waals surface area (Å²) in [6.07, 6.45) is 6.66. The number of nitrogens with one attached hydrogen (secondary N) is 2. The lowest BCUT2D eigenvalue weighted by molar-refractivity contribution is -0.121. The summed E-state index contributed by atoms with van der Waals surface area (Å²) in [6.45, 7) is 7.82. The van der Waals surface area contributed by atoms with Gasteiger partial charge in [-0.3, -0.25) is 9.79 Å². The van der Waals surface area contributed by atoms with Crippen molar-refractivity contribution in [3.63, 3.8) is 0 Å². The Bertz CT molecular complexity index is 564. The molecule has 6 nitrogen and oxygen atoms in total. The van der Waals surface area contributed by atoms with Crippen molar-refractivity contribution in [3.8, 4) is 0 Å². The van der Waals surface area contributed by atoms with E-state index in [0.29, 0.717) is 12.3 Å². The maximum atomic E-state index is 11.5. The fourth-order valence-electron chi connectivity index (χ4n) is 3.02. The number of piperidine rings is 1. The van der Waals surface area contributed by atoms with E-state index in [9.17, 15) is 4.79 Å². The monoisotopic (exact) mass is 365 g/mol. The van der Waals surface area contributed by atoms with Crippen molar-refractivity contribution >= 4 is 23.2 Å². The van der Waals surface area contributed by atoms with Gasteiger partial charge in [-0.1, -0.05) is 6.92 Å². The maximum Gasteiger partial charge on any atom is 0.220 e. The average Bonchev–Trinajstić information content (AvgIpc) is 3.09. The minimum absolute atomic E-state index is 0.147. The van der Waals surface area contributed by atoms with Crippen molar-refractivity contribution in [1.82, 2.24) is 20.5 Å². The third-order valence-corrected chi connectivity index (χ3v) is 5.74. The molecule has 0 unspecified atom stereocenters. The number of carbonyl (C=O) groups is 1. The Kier molecular flexibility index (Phi) is 8.18. The predicted molar refractivity (Wildman–Crippen MR) is 104 cm³/mol. The molecule has 2 rings (SSSR count). The first-order valence-corrected chi connectivity index (χ1v) is 10.1. The zero-order chi connectivity index (χ0) is 18.1. The Labute approximate surface area is 155 Å². The molecule has 1 amide bonds. The first-order valence-electron chi connectivity index (χ1n) is 9.33. The topological polar surface area (TPSA) is 69.6 Å². The number of thiazole rings is 1. The van der Waals surface area contributed by atoms with Crippen molar-refractivity contribution < 1.29 is 4.79 Å². The third kappa shape index (κ3) is 6.30. The van der Waals surface area contributed by atoms with Gasteiger partial charge >= 0.3 is 0 Å². The van der Waals surface area contributed by atoms with E-state index in [2.05, 4.69) is 34.4 Å². The average molecular weight is 366 g/mol. The molecule has 25 heavy (non-hydrogen) atoms. The van der Waals surface area contributed by atoms with Gasteiger partial charge in [-0.05, 0) is 32.1 Å². The lowest BCUT2D eigenvalue weighted by Gasteiger charge is -2.34. The molecule has 7 heteroatoms. The van der Waals surface area contributed by atoms with Gasteiger partial charge in [0.15, 0.2) is 5.96 Å². The SMILES string of the molecule is CCNC(=NCCc1ncc(CC)s1)N1CCC(CC(=O)NC)CC1. The second-order valence-electron chi connectivity index (χ2n) is 6.37. The molecule has 0 aliphatic carbocycles. The summed E-state index contributed by atoms with van der Waals surface area (Å²) >= 11 is 1.79. The maximum absolute atomic E-state index is 11.5. The fraction of sp³-hybridized carbons (Fsp3) is 0.722. The number of hydrogen-bond donors (Lipinski definition) is 2. The molecule has 1 saturated heterocycles. The number of aromatic nitrogens is 1. The van der Waals surface area contributed by atoms with Crippen LogP contribution in [0.15, 0.2) is 11.2 Å². The van der Waals surface area contributed by atoms with E-state index in [1.54, 1.807) is 18.4 Å². The number of guanidine groups is 1. The van der Waals surface area contributed by atoms with Gasteiger partial charge in [-0.15, -0.1) is 11.3 Å². The molecule has 0 saturated carbocycles. The van der Waals surface area contributed by atoms with Gasteiger partial charge in [0, 0.05) is 57.1 Å². The lowest BCUT2D eigenvalue weighted by atomic mass is 9.93. The van der Waals surface area contributed by atoms with Crippen LogP contribution in [0.1, 0.15) is 43.0 Å². The molecule has 0 atom stereocenters. The number of aliphatic imine (C=N–C) groups is 1. The van der Waals surface area contributed by atoms with Crippen LogP contribution in [0.2, 0.25) is 0 Å². The molecule has 1 aromatic heterocycles. The molecule has 0 aromatic carbocycles. The number of nitrogens with zero attached hydrogens (tertiary/aromatic N) is 3. The Balaban J connectivity index is 1.84. The minimum atomic E-state index is 0.147. The van der Waals surface area contributed by atoms with Crippen molar-refractivity contribution in [2.24, 2.45) is 10.9 Å². The Morgan fingerprint density at radius 3 is 2.76 bits per heavy atom. The smallest absolute Gasteiger partial charge is 0.220 e. The number of hydrogen-bond acceptors (Lipinski definition) is 4. The van der Waals surface area contributed by atoms with Crippen molar-refractivity contribution in [3.05, 3.63) is 16.1 Å². The summed E-state index contributed by atoms with van der Waals surface area (Å²) in [5.41, 5.74) is 0. The van der Waals surface area contributed by atoms with E-state index in [-0.39, 0.29) is 5.91 Å². The van der Waals surface area contributed by atoms with Crippen LogP contribution >= 0.6 is 11.3 Å². The van der Waals surface area contributed by atoms with Gasteiger partial charge in [0.25, 0.3) is 0 Å². The lowest BCUT2D eigenvalue weighted by Crippen LogP contribution is -2.46. The van der Waals surface area contributed by atoms with Crippen LogP contribution in [0.4, 0.5) is 0 Å². The van der Waals surface area contributed by atoms with E-state index < -0.39 is 0 Å². The highest BCUT2D eigenvalue weighted by Gasteiger charge is 2.23. The molecular formula is C18H31N5OS. The Morgan fingerprint density at radius 2 is 2.16 bits per heavy atom. The van der Waals surface area contributed by atoms with Gasteiger partial charge in [0.2, 0.25) is 5.91 Å². The third-order valence-electron chi connectivity index (χ3n) is 4.54.